The standard InChI is InChI=1S/C14H17N3O2S/c1-20(18,19)13-4-2-3-12(10-13)14(17-15)9-11-5-7-16-8-6-11/h2-8,10,14,17H,9,15H2,1H3. The Bertz CT molecular complexity index is 672. The molecule has 0 saturated carbocycles. The number of benzene rings is 1. The summed E-state index contributed by atoms with van der Waals surface area (Å²) in [4.78, 5) is 4.26. The fraction of sp³-hybridized carbons (Fsp3) is 0.214. The quantitative estimate of drug-likeness (QED) is 0.639. The van der Waals surface area contributed by atoms with Crippen LogP contribution in [0.1, 0.15) is 17.2 Å². The zero-order valence-electron chi connectivity index (χ0n) is 11.2. The number of rotatable bonds is 5. The second-order valence-electron chi connectivity index (χ2n) is 4.62. The normalized spacial score (nSPS) is 13.1. The van der Waals surface area contributed by atoms with E-state index >= 15 is 0 Å². The maximum Gasteiger partial charge on any atom is 0.175 e. The molecule has 0 bridgehead atoms. The summed E-state index contributed by atoms with van der Waals surface area (Å²) in [5.41, 5.74) is 4.65. The first kappa shape index (κ1) is 14.6. The van der Waals surface area contributed by atoms with E-state index in [2.05, 4.69) is 10.4 Å². The summed E-state index contributed by atoms with van der Waals surface area (Å²) < 4.78 is 23.2. The Morgan fingerprint density at radius 3 is 2.55 bits per heavy atom. The molecule has 0 amide bonds. The summed E-state index contributed by atoms with van der Waals surface area (Å²) in [6, 6.07) is 10.5. The van der Waals surface area contributed by atoms with Crippen molar-refractivity contribution >= 4 is 9.84 Å². The van der Waals surface area contributed by atoms with Gasteiger partial charge in [0.25, 0.3) is 0 Å². The van der Waals surface area contributed by atoms with Gasteiger partial charge in [-0.05, 0) is 41.8 Å². The predicted octanol–water partition coefficient (Wildman–Crippen LogP) is 1.23. The van der Waals surface area contributed by atoms with Gasteiger partial charge in [-0.1, -0.05) is 12.1 Å². The highest BCUT2D eigenvalue weighted by atomic mass is 32.2. The van der Waals surface area contributed by atoms with E-state index in [1.807, 2.05) is 18.2 Å². The number of nitrogens with zero attached hydrogens (tertiary/aromatic N) is 1. The lowest BCUT2D eigenvalue weighted by molar-refractivity contribution is 0.550. The summed E-state index contributed by atoms with van der Waals surface area (Å²) in [7, 11) is -3.22. The summed E-state index contributed by atoms with van der Waals surface area (Å²) >= 11 is 0. The van der Waals surface area contributed by atoms with Crippen LogP contribution in [0.5, 0.6) is 0 Å². The van der Waals surface area contributed by atoms with Gasteiger partial charge in [0.15, 0.2) is 9.84 Å². The first-order valence-electron chi connectivity index (χ1n) is 6.16. The fourth-order valence-electron chi connectivity index (χ4n) is 1.99. The molecule has 0 aliphatic carbocycles. The van der Waals surface area contributed by atoms with Crippen LogP contribution in [-0.4, -0.2) is 19.7 Å². The van der Waals surface area contributed by atoms with Crippen LogP contribution in [0.25, 0.3) is 0 Å². The minimum Gasteiger partial charge on any atom is -0.271 e. The molecule has 106 valence electrons. The highest BCUT2D eigenvalue weighted by Crippen LogP contribution is 2.20. The molecule has 0 aliphatic rings. The van der Waals surface area contributed by atoms with Crippen molar-refractivity contribution < 1.29 is 8.42 Å². The number of hydrogen-bond acceptors (Lipinski definition) is 5. The molecule has 6 heteroatoms. The molecule has 2 rings (SSSR count). The lowest BCUT2D eigenvalue weighted by atomic mass is 10.0. The van der Waals surface area contributed by atoms with Crippen molar-refractivity contribution in [2.75, 3.05) is 6.26 Å². The zero-order chi connectivity index (χ0) is 14.6. The molecule has 0 fully saturated rings. The number of sulfone groups is 1. The SMILES string of the molecule is CS(=O)(=O)c1cccc(C(Cc2ccncc2)NN)c1. The van der Waals surface area contributed by atoms with E-state index in [1.54, 1.807) is 30.6 Å². The maximum absolute atomic E-state index is 11.6. The molecule has 0 saturated heterocycles. The molecule has 0 spiro atoms. The van der Waals surface area contributed by atoms with Crippen LogP contribution in [0.4, 0.5) is 0 Å². The topological polar surface area (TPSA) is 85.1 Å². The number of pyridine rings is 1. The Morgan fingerprint density at radius 1 is 1.25 bits per heavy atom. The highest BCUT2D eigenvalue weighted by Gasteiger charge is 2.14. The molecule has 0 radical (unpaired) electrons. The Kier molecular flexibility index (Phi) is 4.49. The first-order chi connectivity index (χ1) is 9.50. The highest BCUT2D eigenvalue weighted by molar-refractivity contribution is 7.90. The molecule has 5 nitrogen and oxygen atoms in total. The van der Waals surface area contributed by atoms with Gasteiger partial charge in [-0.25, -0.2) is 8.42 Å². The number of nitrogens with one attached hydrogen (secondary N) is 1. The van der Waals surface area contributed by atoms with E-state index in [-0.39, 0.29) is 6.04 Å². The largest absolute Gasteiger partial charge is 0.271 e. The van der Waals surface area contributed by atoms with Crippen LogP contribution in [0, 0.1) is 0 Å². The first-order valence-corrected chi connectivity index (χ1v) is 8.05. The van der Waals surface area contributed by atoms with Gasteiger partial charge in [0.2, 0.25) is 0 Å². The van der Waals surface area contributed by atoms with Gasteiger partial charge in [0.05, 0.1) is 10.9 Å². The van der Waals surface area contributed by atoms with Gasteiger partial charge in [-0.3, -0.25) is 16.3 Å². The van der Waals surface area contributed by atoms with Crippen molar-refractivity contribution in [1.29, 1.82) is 0 Å². The van der Waals surface area contributed by atoms with Crippen LogP contribution in [0.15, 0.2) is 53.7 Å². The van der Waals surface area contributed by atoms with Gasteiger partial charge in [-0.2, -0.15) is 0 Å². The number of hydrogen-bond donors (Lipinski definition) is 2. The Balaban J connectivity index is 2.28. The summed E-state index contributed by atoms with van der Waals surface area (Å²) in [5.74, 6) is 5.60. The third-order valence-electron chi connectivity index (χ3n) is 3.08. The number of aromatic nitrogens is 1. The molecule has 1 unspecified atom stereocenters. The summed E-state index contributed by atoms with van der Waals surface area (Å²) in [6.45, 7) is 0. The van der Waals surface area contributed by atoms with E-state index in [0.717, 1.165) is 11.1 Å². The van der Waals surface area contributed by atoms with Crippen LogP contribution in [0.2, 0.25) is 0 Å². The predicted molar refractivity (Wildman–Crippen MR) is 77.6 cm³/mol. The van der Waals surface area contributed by atoms with Crippen molar-refractivity contribution in [3.63, 3.8) is 0 Å². The molecule has 1 heterocycles. The third kappa shape index (κ3) is 3.63. The Morgan fingerprint density at radius 2 is 1.95 bits per heavy atom. The molecule has 1 aromatic heterocycles. The van der Waals surface area contributed by atoms with E-state index in [4.69, 9.17) is 5.84 Å². The number of hydrazine groups is 1. The van der Waals surface area contributed by atoms with Gasteiger partial charge in [-0.15, -0.1) is 0 Å². The van der Waals surface area contributed by atoms with Crippen LogP contribution < -0.4 is 11.3 Å². The summed E-state index contributed by atoms with van der Waals surface area (Å²) in [5, 5.41) is 0. The third-order valence-corrected chi connectivity index (χ3v) is 4.19. The molecule has 1 aromatic carbocycles. The maximum atomic E-state index is 11.6. The van der Waals surface area contributed by atoms with E-state index in [0.29, 0.717) is 11.3 Å². The van der Waals surface area contributed by atoms with Gasteiger partial charge >= 0.3 is 0 Å². The second kappa shape index (κ2) is 6.13. The second-order valence-corrected chi connectivity index (χ2v) is 6.64. The van der Waals surface area contributed by atoms with Crippen molar-refractivity contribution in [2.45, 2.75) is 17.4 Å². The average Bonchev–Trinajstić information content (AvgIpc) is 2.45. The average molecular weight is 291 g/mol. The molecule has 1 atom stereocenters. The van der Waals surface area contributed by atoms with E-state index < -0.39 is 9.84 Å². The molecular weight excluding hydrogens is 274 g/mol. The summed E-state index contributed by atoms with van der Waals surface area (Å²) in [6.07, 6.45) is 5.29. The van der Waals surface area contributed by atoms with E-state index in [9.17, 15) is 8.42 Å². The molecular formula is C14H17N3O2S. The Labute approximate surface area is 118 Å². The Hall–Kier alpha value is -1.76. The van der Waals surface area contributed by atoms with Crippen LogP contribution in [0.3, 0.4) is 0 Å². The van der Waals surface area contributed by atoms with E-state index in [1.165, 1.54) is 6.26 Å². The molecule has 20 heavy (non-hydrogen) atoms. The van der Waals surface area contributed by atoms with Gasteiger partial charge in [0, 0.05) is 18.6 Å². The van der Waals surface area contributed by atoms with Gasteiger partial charge < -0.3 is 0 Å². The number of nitrogens with two attached hydrogens (primary N) is 1. The van der Waals surface area contributed by atoms with Crippen molar-refractivity contribution in [1.82, 2.24) is 10.4 Å². The van der Waals surface area contributed by atoms with Crippen LogP contribution in [-0.2, 0) is 16.3 Å². The monoisotopic (exact) mass is 291 g/mol. The minimum atomic E-state index is -3.22. The fourth-order valence-corrected chi connectivity index (χ4v) is 2.67. The minimum absolute atomic E-state index is 0.154. The van der Waals surface area contributed by atoms with Crippen molar-refractivity contribution in [3.8, 4) is 0 Å². The van der Waals surface area contributed by atoms with Crippen LogP contribution >= 0.6 is 0 Å². The lowest BCUT2D eigenvalue weighted by Gasteiger charge is -2.17. The molecule has 0 aliphatic heterocycles. The zero-order valence-corrected chi connectivity index (χ0v) is 12.0. The van der Waals surface area contributed by atoms with Crippen molar-refractivity contribution in [2.24, 2.45) is 5.84 Å². The lowest BCUT2D eigenvalue weighted by Crippen LogP contribution is -2.29. The smallest absolute Gasteiger partial charge is 0.175 e. The molecule has 2 aromatic rings. The van der Waals surface area contributed by atoms with Gasteiger partial charge in [0.1, 0.15) is 0 Å². The van der Waals surface area contributed by atoms with Crippen molar-refractivity contribution in [3.05, 3.63) is 59.9 Å². The molecule has 3 N–H and O–H groups in total.